The van der Waals surface area contributed by atoms with Gasteiger partial charge in [0, 0.05) is 13.0 Å². The number of carbonyl (C=O) groups excluding carboxylic acids is 5. The molecule has 0 aliphatic carbocycles. The molecule has 11 heteroatoms. The van der Waals surface area contributed by atoms with Crippen LogP contribution in [0.5, 0.6) is 5.75 Å². The SMILES string of the molecule is CCOc1ccc(C[C@H]2NC(=O)[C@H](CCCCOC(=O)c3ccccc3)NC(=O)[C@@H]3CCCCN3C(=O)[C@H]([C@@H](C)CC)NC2=O)cc1. The molecule has 11 nitrogen and oxygen atoms in total. The van der Waals surface area contributed by atoms with Crippen LogP contribution in [-0.2, 0) is 30.3 Å². The number of unbranched alkanes of at least 4 members (excludes halogenated alkanes) is 1. The molecule has 5 atom stereocenters. The highest BCUT2D eigenvalue weighted by Crippen LogP contribution is 2.23. The van der Waals surface area contributed by atoms with Crippen molar-refractivity contribution in [3.8, 4) is 5.75 Å². The van der Waals surface area contributed by atoms with Crippen LogP contribution in [0.25, 0.3) is 0 Å². The van der Waals surface area contributed by atoms with Gasteiger partial charge in [-0.05, 0) is 81.2 Å². The van der Waals surface area contributed by atoms with E-state index in [2.05, 4.69) is 16.0 Å². The van der Waals surface area contributed by atoms with Gasteiger partial charge in [-0.2, -0.15) is 0 Å². The van der Waals surface area contributed by atoms with Crippen molar-refractivity contribution in [3.05, 3.63) is 65.7 Å². The van der Waals surface area contributed by atoms with E-state index in [1.165, 1.54) is 0 Å². The summed E-state index contributed by atoms with van der Waals surface area (Å²) in [7, 11) is 0. The summed E-state index contributed by atoms with van der Waals surface area (Å²) < 4.78 is 10.9. The number of fused-ring (bicyclic) bond motifs is 1. The van der Waals surface area contributed by atoms with Gasteiger partial charge in [-0.25, -0.2) is 4.79 Å². The van der Waals surface area contributed by atoms with Crippen LogP contribution in [0.2, 0.25) is 0 Å². The number of hydrogen-bond donors (Lipinski definition) is 3. The first-order valence-corrected chi connectivity index (χ1v) is 16.9. The molecule has 2 fully saturated rings. The van der Waals surface area contributed by atoms with Crippen molar-refractivity contribution in [1.82, 2.24) is 20.9 Å². The van der Waals surface area contributed by atoms with E-state index >= 15 is 0 Å². The molecule has 2 aliphatic heterocycles. The van der Waals surface area contributed by atoms with Crippen LogP contribution in [0.15, 0.2) is 54.6 Å². The predicted molar refractivity (Wildman–Crippen MR) is 176 cm³/mol. The van der Waals surface area contributed by atoms with Crippen LogP contribution >= 0.6 is 0 Å². The Balaban J connectivity index is 1.54. The second-order valence-corrected chi connectivity index (χ2v) is 12.3. The van der Waals surface area contributed by atoms with E-state index < -0.39 is 42.0 Å². The summed E-state index contributed by atoms with van der Waals surface area (Å²) in [6.07, 6.45) is 4.02. The first-order valence-electron chi connectivity index (χ1n) is 16.9. The lowest BCUT2D eigenvalue weighted by atomic mass is 9.93. The van der Waals surface area contributed by atoms with Gasteiger partial charge in [0.2, 0.25) is 23.6 Å². The maximum atomic E-state index is 14.0. The summed E-state index contributed by atoms with van der Waals surface area (Å²) in [6.45, 7) is 6.83. The first-order chi connectivity index (χ1) is 22.7. The molecule has 0 radical (unpaired) electrons. The standard InChI is InChI=1S/C36H48N4O7/c1-4-24(3)31-35(44)40-21-11-9-16-30(40)34(43)37-28(15-10-12-22-47-36(45)26-13-7-6-8-14-26)32(41)38-29(33(42)39-31)23-25-17-19-27(20-18-25)46-5-2/h6-8,13-14,17-20,24,28-31H,4-5,9-12,15-16,21-23H2,1-3H3,(H,37,43)(H,38,41)(H,39,42)/t24-,28-,29+,30-,31-/m0/s1. The Hall–Kier alpha value is -4.41. The molecule has 0 saturated carbocycles. The normalized spacial score (nSPS) is 22.8. The maximum absolute atomic E-state index is 14.0. The van der Waals surface area contributed by atoms with Crippen LogP contribution < -0.4 is 20.7 Å². The molecule has 0 aromatic heterocycles. The van der Waals surface area contributed by atoms with Gasteiger partial charge < -0.3 is 30.3 Å². The number of hydrogen-bond acceptors (Lipinski definition) is 7. The molecule has 0 unspecified atom stereocenters. The summed E-state index contributed by atoms with van der Waals surface area (Å²) in [5.74, 6) is -1.53. The van der Waals surface area contributed by atoms with E-state index in [1.54, 1.807) is 29.2 Å². The average Bonchev–Trinajstić information content (AvgIpc) is 3.09. The van der Waals surface area contributed by atoms with E-state index in [1.807, 2.05) is 51.1 Å². The van der Waals surface area contributed by atoms with E-state index in [9.17, 15) is 24.0 Å². The highest BCUT2D eigenvalue weighted by Gasteiger charge is 2.40. The average molecular weight is 649 g/mol. The molecule has 2 saturated heterocycles. The third-order valence-electron chi connectivity index (χ3n) is 8.94. The highest BCUT2D eigenvalue weighted by molar-refractivity contribution is 5.98. The van der Waals surface area contributed by atoms with E-state index in [0.29, 0.717) is 50.1 Å². The molecule has 2 heterocycles. The van der Waals surface area contributed by atoms with Crippen LogP contribution in [0.4, 0.5) is 0 Å². The number of benzene rings is 2. The number of carbonyl (C=O) groups is 5. The lowest BCUT2D eigenvalue weighted by Gasteiger charge is -2.39. The van der Waals surface area contributed by atoms with Gasteiger partial charge >= 0.3 is 5.97 Å². The summed E-state index contributed by atoms with van der Waals surface area (Å²) in [5.41, 5.74) is 1.25. The maximum Gasteiger partial charge on any atom is 0.338 e. The van der Waals surface area contributed by atoms with Gasteiger partial charge in [0.1, 0.15) is 29.9 Å². The Kier molecular flexibility index (Phi) is 13.2. The van der Waals surface area contributed by atoms with Crippen molar-refractivity contribution in [2.75, 3.05) is 19.8 Å². The minimum Gasteiger partial charge on any atom is -0.494 e. The molecule has 0 spiro atoms. The first kappa shape index (κ1) is 35.4. The zero-order valence-corrected chi connectivity index (χ0v) is 27.7. The third-order valence-corrected chi connectivity index (χ3v) is 8.94. The highest BCUT2D eigenvalue weighted by atomic mass is 16.5. The number of nitrogens with one attached hydrogen (secondary N) is 3. The molecule has 4 amide bonds. The number of piperidine rings is 1. The third kappa shape index (κ3) is 9.79. The minimum absolute atomic E-state index is 0.153. The Bertz CT molecular complexity index is 1370. The van der Waals surface area contributed by atoms with Gasteiger partial charge in [-0.1, -0.05) is 50.6 Å². The van der Waals surface area contributed by atoms with Gasteiger partial charge in [0.05, 0.1) is 18.8 Å². The zero-order valence-electron chi connectivity index (χ0n) is 27.7. The van der Waals surface area contributed by atoms with Gasteiger partial charge in [-0.3, -0.25) is 19.2 Å². The predicted octanol–water partition coefficient (Wildman–Crippen LogP) is 3.55. The molecular weight excluding hydrogens is 600 g/mol. The quantitative estimate of drug-likeness (QED) is 0.236. The fraction of sp³-hybridized carbons (Fsp3) is 0.528. The fourth-order valence-corrected chi connectivity index (χ4v) is 6.00. The Morgan fingerprint density at radius 1 is 0.872 bits per heavy atom. The van der Waals surface area contributed by atoms with E-state index in [-0.39, 0.29) is 37.2 Å². The molecule has 254 valence electrons. The second kappa shape index (κ2) is 17.5. The summed E-state index contributed by atoms with van der Waals surface area (Å²) in [6, 6.07) is 12.5. The van der Waals surface area contributed by atoms with Gasteiger partial charge in [0.15, 0.2) is 0 Å². The van der Waals surface area contributed by atoms with Crippen molar-refractivity contribution in [1.29, 1.82) is 0 Å². The Labute approximate surface area is 277 Å². The van der Waals surface area contributed by atoms with Crippen molar-refractivity contribution in [2.24, 2.45) is 5.92 Å². The number of rotatable bonds is 12. The lowest BCUT2D eigenvalue weighted by molar-refractivity contribution is -0.147. The molecule has 0 bridgehead atoms. The Morgan fingerprint density at radius 2 is 1.57 bits per heavy atom. The van der Waals surface area contributed by atoms with Crippen LogP contribution in [0.3, 0.4) is 0 Å². The van der Waals surface area contributed by atoms with Crippen LogP contribution in [-0.4, -0.2) is 78.4 Å². The molecule has 3 N–H and O–H groups in total. The van der Waals surface area contributed by atoms with Crippen molar-refractivity contribution < 1.29 is 33.4 Å². The second-order valence-electron chi connectivity index (χ2n) is 12.3. The Morgan fingerprint density at radius 3 is 2.28 bits per heavy atom. The van der Waals surface area contributed by atoms with Gasteiger partial charge in [-0.15, -0.1) is 0 Å². The van der Waals surface area contributed by atoms with Crippen molar-refractivity contribution in [3.63, 3.8) is 0 Å². The molecule has 2 aromatic rings. The molecular formula is C36H48N4O7. The number of nitrogens with zero attached hydrogens (tertiary/aromatic N) is 1. The molecule has 2 aliphatic rings. The molecule has 47 heavy (non-hydrogen) atoms. The summed E-state index contributed by atoms with van der Waals surface area (Å²) in [4.78, 5) is 69.3. The summed E-state index contributed by atoms with van der Waals surface area (Å²) >= 11 is 0. The molecule has 4 rings (SSSR count). The lowest BCUT2D eigenvalue weighted by Crippen LogP contribution is -2.64. The monoisotopic (exact) mass is 648 g/mol. The topological polar surface area (TPSA) is 143 Å². The fourth-order valence-electron chi connectivity index (χ4n) is 6.00. The largest absolute Gasteiger partial charge is 0.494 e. The van der Waals surface area contributed by atoms with E-state index in [4.69, 9.17) is 9.47 Å². The van der Waals surface area contributed by atoms with Gasteiger partial charge in [0.25, 0.3) is 0 Å². The smallest absolute Gasteiger partial charge is 0.338 e. The van der Waals surface area contributed by atoms with Crippen LogP contribution in [0.1, 0.15) is 81.6 Å². The number of esters is 1. The van der Waals surface area contributed by atoms with E-state index in [0.717, 1.165) is 18.4 Å². The van der Waals surface area contributed by atoms with Crippen molar-refractivity contribution >= 4 is 29.6 Å². The minimum atomic E-state index is -0.998. The number of ether oxygens (including phenoxy) is 2. The number of amides is 4. The van der Waals surface area contributed by atoms with Crippen LogP contribution in [0, 0.1) is 5.92 Å². The molecule has 2 aromatic carbocycles. The van der Waals surface area contributed by atoms with Crippen molar-refractivity contribution in [2.45, 2.75) is 96.3 Å². The summed E-state index contributed by atoms with van der Waals surface area (Å²) in [5, 5.41) is 8.74. The zero-order chi connectivity index (χ0) is 33.8.